The van der Waals surface area contributed by atoms with Gasteiger partial charge in [0.25, 0.3) is 0 Å². The van der Waals surface area contributed by atoms with Crippen molar-refractivity contribution in [2.24, 2.45) is 0 Å². The van der Waals surface area contributed by atoms with E-state index in [9.17, 15) is 9.59 Å². The molecule has 3 rings (SSSR count). The Morgan fingerprint density at radius 3 is 2.89 bits per heavy atom. The van der Waals surface area contributed by atoms with Crippen LogP contribution in [0, 0.1) is 0 Å². The van der Waals surface area contributed by atoms with E-state index in [1.165, 1.54) is 17.4 Å². The highest BCUT2D eigenvalue weighted by atomic mass is 32.1. The zero-order chi connectivity index (χ0) is 12.5. The molecule has 0 amide bonds. The Labute approximate surface area is 107 Å². The van der Waals surface area contributed by atoms with Crippen LogP contribution in [0.5, 0.6) is 0 Å². The van der Waals surface area contributed by atoms with Crippen molar-refractivity contribution in [1.82, 2.24) is 0 Å². The molecule has 0 aliphatic carbocycles. The van der Waals surface area contributed by atoms with Gasteiger partial charge in [0.05, 0.1) is 0 Å². The molecule has 0 saturated carbocycles. The lowest BCUT2D eigenvalue weighted by molar-refractivity contribution is -0.143. The largest absolute Gasteiger partial charge is 0.461 e. The van der Waals surface area contributed by atoms with Crippen molar-refractivity contribution >= 4 is 27.4 Å². The number of hydrogen-bond acceptors (Lipinski definition) is 4. The van der Waals surface area contributed by atoms with Crippen LogP contribution in [-0.4, -0.2) is 12.6 Å². The molecule has 1 aliphatic heterocycles. The number of rotatable bonds is 1. The number of benzene rings is 1. The van der Waals surface area contributed by atoms with Gasteiger partial charge in [-0.1, -0.05) is 24.3 Å². The van der Waals surface area contributed by atoms with Crippen LogP contribution < -0.4 is 5.43 Å². The lowest BCUT2D eigenvalue weighted by Gasteiger charge is -2.15. The van der Waals surface area contributed by atoms with E-state index < -0.39 is 5.92 Å². The fourth-order valence-corrected chi connectivity index (χ4v) is 3.12. The highest BCUT2D eigenvalue weighted by Crippen LogP contribution is 2.28. The smallest absolute Gasteiger partial charge is 0.318 e. The molecule has 90 valence electrons. The summed E-state index contributed by atoms with van der Waals surface area (Å²) in [5.41, 5.74) is -0.0499. The second-order valence-corrected chi connectivity index (χ2v) is 5.16. The Balaban J connectivity index is 2.18. The van der Waals surface area contributed by atoms with Gasteiger partial charge in [0.15, 0.2) is 5.43 Å². The van der Waals surface area contributed by atoms with Crippen molar-refractivity contribution < 1.29 is 9.53 Å². The molecule has 18 heavy (non-hydrogen) atoms. The van der Waals surface area contributed by atoms with E-state index in [0.29, 0.717) is 12.0 Å². The minimum Gasteiger partial charge on any atom is -0.461 e. The van der Waals surface area contributed by atoms with Crippen molar-refractivity contribution in [3.05, 3.63) is 57.6 Å². The number of fused-ring (bicyclic) bond motifs is 1. The minimum absolute atomic E-state index is 0.0499. The van der Waals surface area contributed by atoms with E-state index in [1.807, 2.05) is 18.2 Å². The first-order valence-electron chi connectivity index (χ1n) is 5.62. The zero-order valence-electron chi connectivity index (χ0n) is 9.46. The van der Waals surface area contributed by atoms with Crippen molar-refractivity contribution in [1.29, 1.82) is 0 Å². The summed E-state index contributed by atoms with van der Waals surface area (Å²) in [6, 6.07) is 8.95. The normalized spacial score (nSPS) is 18.9. The predicted octanol–water partition coefficient (Wildman–Crippen LogP) is 2.46. The van der Waals surface area contributed by atoms with Crippen LogP contribution in [0.4, 0.5) is 0 Å². The summed E-state index contributed by atoms with van der Waals surface area (Å²) in [4.78, 5) is 24.4. The SMILES string of the molecule is O=C1OCC=CC1c1cc(=O)c2ccccc2s1. The van der Waals surface area contributed by atoms with E-state index >= 15 is 0 Å². The molecule has 2 aromatic rings. The summed E-state index contributed by atoms with van der Waals surface area (Å²) in [5, 5.41) is 0.694. The Morgan fingerprint density at radius 1 is 1.22 bits per heavy atom. The summed E-state index contributed by atoms with van der Waals surface area (Å²) >= 11 is 1.46. The van der Waals surface area contributed by atoms with E-state index in [2.05, 4.69) is 0 Å². The standard InChI is InChI=1S/C14H10O3S/c15-11-8-13(10-5-3-7-17-14(10)16)18-12-6-2-1-4-9(11)12/h1-6,8,10H,7H2. The van der Waals surface area contributed by atoms with Crippen molar-refractivity contribution in [2.75, 3.05) is 6.61 Å². The third kappa shape index (κ3) is 1.84. The van der Waals surface area contributed by atoms with E-state index in [0.717, 1.165) is 9.58 Å². The molecular formula is C14H10O3S. The van der Waals surface area contributed by atoms with Crippen molar-refractivity contribution in [3.63, 3.8) is 0 Å². The Hall–Kier alpha value is -1.94. The van der Waals surface area contributed by atoms with Crippen molar-refractivity contribution in [2.45, 2.75) is 5.92 Å². The second-order valence-electron chi connectivity index (χ2n) is 4.05. The van der Waals surface area contributed by atoms with Crippen molar-refractivity contribution in [3.8, 4) is 0 Å². The quantitative estimate of drug-likeness (QED) is 0.583. The number of carbonyl (C=O) groups is 1. The fraction of sp³-hybridized carbons (Fsp3) is 0.143. The zero-order valence-corrected chi connectivity index (χ0v) is 10.3. The topological polar surface area (TPSA) is 43.4 Å². The summed E-state index contributed by atoms with van der Waals surface area (Å²) in [6.45, 7) is 0.317. The molecule has 0 fully saturated rings. The first kappa shape index (κ1) is 11.2. The summed E-state index contributed by atoms with van der Waals surface area (Å²) in [6.07, 6.45) is 3.60. The van der Waals surface area contributed by atoms with Crippen LogP contribution in [0.2, 0.25) is 0 Å². The van der Waals surface area contributed by atoms with Gasteiger partial charge in [-0.2, -0.15) is 0 Å². The third-order valence-electron chi connectivity index (χ3n) is 2.86. The number of ether oxygens (including phenoxy) is 1. The molecule has 4 heteroatoms. The van der Waals surface area contributed by atoms with Crippen LogP contribution in [0.1, 0.15) is 10.8 Å². The first-order valence-corrected chi connectivity index (χ1v) is 6.43. The molecule has 0 radical (unpaired) electrons. The predicted molar refractivity (Wildman–Crippen MR) is 70.9 cm³/mol. The average Bonchev–Trinajstić information content (AvgIpc) is 2.39. The average molecular weight is 258 g/mol. The van der Waals surface area contributed by atoms with Crippen LogP contribution in [0.25, 0.3) is 10.1 Å². The summed E-state index contributed by atoms with van der Waals surface area (Å²) in [5.74, 6) is -0.732. The van der Waals surface area contributed by atoms with Gasteiger partial charge in [-0.25, -0.2) is 0 Å². The molecule has 1 unspecified atom stereocenters. The number of hydrogen-bond donors (Lipinski definition) is 0. The molecule has 0 N–H and O–H groups in total. The molecular weight excluding hydrogens is 248 g/mol. The lowest BCUT2D eigenvalue weighted by Crippen LogP contribution is -2.18. The molecule has 3 nitrogen and oxygen atoms in total. The molecule has 0 saturated heterocycles. The Bertz CT molecular complexity index is 699. The Kier molecular flexibility index (Phi) is 2.72. The molecule has 0 bridgehead atoms. The number of cyclic esters (lactones) is 1. The van der Waals surface area contributed by atoms with Crippen LogP contribution >= 0.6 is 11.3 Å². The number of esters is 1. The van der Waals surface area contributed by atoms with Gasteiger partial charge in [-0.15, -0.1) is 11.3 Å². The maximum Gasteiger partial charge on any atom is 0.318 e. The van der Waals surface area contributed by atoms with Gasteiger partial charge in [0, 0.05) is 21.0 Å². The maximum atomic E-state index is 12.0. The highest BCUT2D eigenvalue weighted by Gasteiger charge is 2.23. The number of carbonyl (C=O) groups excluding carboxylic acids is 1. The van der Waals surface area contributed by atoms with E-state index in [1.54, 1.807) is 18.2 Å². The molecule has 1 aliphatic rings. The highest BCUT2D eigenvalue weighted by molar-refractivity contribution is 7.18. The minimum atomic E-state index is -0.443. The van der Waals surface area contributed by atoms with Gasteiger partial charge >= 0.3 is 5.97 Å². The molecule has 1 atom stereocenters. The Morgan fingerprint density at radius 2 is 2.06 bits per heavy atom. The van der Waals surface area contributed by atoms with Gasteiger partial charge in [-0.05, 0) is 12.1 Å². The van der Waals surface area contributed by atoms with E-state index in [4.69, 9.17) is 4.74 Å². The monoisotopic (exact) mass is 258 g/mol. The molecule has 0 spiro atoms. The van der Waals surface area contributed by atoms with Crippen LogP contribution in [-0.2, 0) is 9.53 Å². The lowest BCUT2D eigenvalue weighted by atomic mass is 10.1. The summed E-state index contributed by atoms with van der Waals surface area (Å²) < 4.78 is 5.87. The maximum absolute atomic E-state index is 12.0. The summed E-state index contributed by atoms with van der Waals surface area (Å²) in [7, 11) is 0. The first-order chi connectivity index (χ1) is 8.75. The molecule has 1 aromatic heterocycles. The fourth-order valence-electron chi connectivity index (χ4n) is 1.98. The van der Waals surface area contributed by atoms with E-state index in [-0.39, 0.29) is 11.4 Å². The van der Waals surface area contributed by atoms with Gasteiger partial charge in [0.2, 0.25) is 0 Å². The van der Waals surface area contributed by atoms with Gasteiger partial charge in [-0.3, -0.25) is 9.59 Å². The molecule has 2 heterocycles. The third-order valence-corrected chi connectivity index (χ3v) is 4.05. The molecule has 1 aromatic carbocycles. The van der Waals surface area contributed by atoms with Crippen LogP contribution in [0.3, 0.4) is 0 Å². The van der Waals surface area contributed by atoms with Gasteiger partial charge in [0.1, 0.15) is 12.5 Å². The second kappa shape index (κ2) is 4.38. The van der Waals surface area contributed by atoms with Gasteiger partial charge < -0.3 is 4.74 Å². The van der Waals surface area contributed by atoms with Crippen LogP contribution in [0.15, 0.2) is 47.3 Å².